The van der Waals surface area contributed by atoms with Crippen molar-refractivity contribution in [2.75, 3.05) is 45.0 Å². The van der Waals surface area contributed by atoms with Gasteiger partial charge in [-0.2, -0.15) is 0 Å². The number of nitrogens with one attached hydrogen (secondary N) is 2. The van der Waals surface area contributed by atoms with Crippen molar-refractivity contribution in [1.82, 2.24) is 9.88 Å². The molecule has 7 nitrogen and oxygen atoms in total. The lowest BCUT2D eigenvalue weighted by molar-refractivity contribution is 0.0303. The molecule has 0 radical (unpaired) electrons. The molecule has 1 saturated heterocycles. The summed E-state index contributed by atoms with van der Waals surface area (Å²) in [6, 6.07) is 13.8. The van der Waals surface area contributed by atoms with E-state index in [0.717, 1.165) is 45.1 Å². The number of anilines is 1. The molecule has 32 heavy (non-hydrogen) atoms. The summed E-state index contributed by atoms with van der Waals surface area (Å²) in [6.07, 6.45) is 4.18. The van der Waals surface area contributed by atoms with Crippen LogP contribution in [0.2, 0.25) is 0 Å². The van der Waals surface area contributed by atoms with Crippen LogP contribution in [0.5, 0.6) is 11.5 Å². The minimum Gasteiger partial charge on any atom is -0.454 e. The number of ether oxygens (including phenoxy) is 3. The first-order valence-corrected chi connectivity index (χ1v) is 10.8. The monoisotopic (exact) mass is 429 g/mol. The first kappa shape index (κ1) is 19.0. The van der Waals surface area contributed by atoms with Crippen LogP contribution in [0, 0.1) is 0 Å². The zero-order valence-corrected chi connectivity index (χ0v) is 17.5. The predicted molar refractivity (Wildman–Crippen MR) is 122 cm³/mol. The van der Waals surface area contributed by atoms with Gasteiger partial charge in [-0.3, -0.25) is 4.79 Å². The van der Waals surface area contributed by atoms with E-state index in [-0.39, 0.29) is 12.7 Å². The third-order valence-electron chi connectivity index (χ3n) is 6.16. The molecule has 3 aromatic rings. The highest BCUT2D eigenvalue weighted by Gasteiger charge is 2.24. The average Bonchev–Trinajstić information content (AvgIpc) is 3.51. The van der Waals surface area contributed by atoms with Gasteiger partial charge in [0.2, 0.25) is 6.79 Å². The first-order chi connectivity index (χ1) is 15.8. The van der Waals surface area contributed by atoms with E-state index in [0.29, 0.717) is 38.4 Å². The molecule has 3 aliphatic heterocycles. The van der Waals surface area contributed by atoms with E-state index >= 15 is 0 Å². The molecule has 162 valence electrons. The molecule has 1 fully saturated rings. The zero-order valence-electron chi connectivity index (χ0n) is 17.5. The van der Waals surface area contributed by atoms with E-state index in [1.54, 1.807) is 0 Å². The van der Waals surface area contributed by atoms with Gasteiger partial charge in [-0.25, -0.2) is 0 Å². The molecular formula is C25H23N3O4. The third kappa shape index (κ3) is 3.22. The maximum Gasteiger partial charge on any atom is 0.254 e. The van der Waals surface area contributed by atoms with Gasteiger partial charge in [-0.05, 0) is 35.4 Å². The van der Waals surface area contributed by atoms with Gasteiger partial charge >= 0.3 is 0 Å². The largest absolute Gasteiger partial charge is 0.454 e. The number of carbonyl (C=O) groups excluding carboxylic acids is 1. The quantitative estimate of drug-likeness (QED) is 0.662. The van der Waals surface area contributed by atoms with Crippen LogP contribution in [0.25, 0.3) is 22.8 Å². The Hall–Kier alpha value is -3.71. The van der Waals surface area contributed by atoms with E-state index < -0.39 is 0 Å². The number of hydrogen-bond acceptors (Lipinski definition) is 5. The average molecular weight is 429 g/mol. The molecule has 0 saturated carbocycles. The van der Waals surface area contributed by atoms with Crippen molar-refractivity contribution in [3.63, 3.8) is 0 Å². The lowest BCUT2D eigenvalue weighted by atomic mass is 9.95. The fourth-order valence-corrected chi connectivity index (χ4v) is 4.49. The van der Waals surface area contributed by atoms with Crippen molar-refractivity contribution in [2.45, 2.75) is 0 Å². The van der Waals surface area contributed by atoms with Gasteiger partial charge in [-0.1, -0.05) is 24.3 Å². The number of aromatic amines is 1. The van der Waals surface area contributed by atoms with Gasteiger partial charge in [0.05, 0.1) is 13.2 Å². The van der Waals surface area contributed by atoms with Crippen LogP contribution in [0.1, 0.15) is 21.5 Å². The lowest BCUT2D eigenvalue weighted by Gasteiger charge is -2.27. The van der Waals surface area contributed by atoms with Crippen molar-refractivity contribution in [1.29, 1.82) is 0 Å². The van der Waals surface area contributed by atoms with Gasteiger partial charge in [0.25, 0.3) is 5.91 Å². The molecule has 4 heterocycles. The number of carbonyl (C=O) groups is 1. The maximum atomic E-state index is 12.9. The van der Waals surface area contributed by atoms with E-state index in [1.807, 2.05) is 47.5 Å². The van der Waals surface area contributed by atoms with E-state index in [1.165, 1.54) is 0 Å². The number of para-hydroxylation sites is 1. The number of rotatable bonds is 3. The van der Waals surface area contributed by atoms with E-state index in [2.05, 4.69) is 22.4 Å². The number of morpholine rings is 1. The zero-order chi connectivity index (χ0) is 21.5. The van der Waals surface area contributed by atoms with Gasteiger partial charge in [0.1, 0.15) is 5.82 Å². The predicted octanol–water partition coefficient (Wildman–Crippen LogP) is 3.85. The van der Waals surface area contributed by atoms with Gasteiger partial charge < -0.3 is 29.4 Å². The summed E-state index contributed by atoms with van der Waals surface area (Å²) in [7, 11) is 0. The van der Waals surface area contributed by atoms with Gasteiger partial charge in [0, 0.05) is 48.1 Å². The SMILES string of the molecule is O=C(c1cccc(C2=Cc3c(-c4cccc5c4OCO5)c[nH]c3NC2)c1)N1CCOCC1. The van der Waals surface area contributed by atoms with E-state index in [9.17, 15) is 4.79 Å². The summed E-state index contributed by atoms with van der Waals surface area (Å²) in [6.45, 7) is 3.37. The fourth-order valence-electron chi connectivity index (χ4n) is 4.49. The minimum atomic E-state index is 0.0551. The second-order valence-electron chi connectivity index (χ2n) is 8.04. The van der Waals surface area contributed by atoms with Crippen molar-refractivity contribution >= 4 is 23.4 Å². The molecule has 2 N–H and O–H groups in total. The number of aromatic nitrogens is 1. The molecule has 0 atom stereocenters. The molecule has 0 spiro atoms. The topological polar surface area (TPSA) is 75.8 Å². The molecule has 0 unspecified atom stereocenters. The molecule has 3 aliphatic rings. The Morgan fingerprint density at radius 3 is 2.78 bits per heavy atom. The summed E-state index contributed by atoms with van der Waals surface area (Å²) >= 11 is 0. The van der Waals surface area contributed by atoms with Crippen molar-refractivity contribution < 1.29 is 19.0 Å². The molecule has 2 aromatic carbocycles. The lowest BCUT2D eigenvalue weighted by Crippen LogP contribution is -2.40. The highest BCUT2D eigenvalue weighted by atomic mass is 16.7. The van der Waals surface area contributed by atoms with Crippen LogP contribution in [-0.4, -0.2) is 55.4 Å². The van der Waals surface area contributed by atoms with Crippen LogP contribution >= 0.6 is 0 Å². The number of amides is 1. The molecular weight excluding hydrogens is 406 g/mol. The third-order valence-corrected chi connectivity index (χ3v) is 6.16. The summed E-state index contributed by atoms with van der Waals surface area (Å²) in [5, 5.41) is 3.47. The summed E-state index contributed by atoms with van der Waals surface area (Å²) in [4.78, 5) is 18.1. The molecule has 6 rings (SSSR count). The summed E-state index contributed by atoms with van der Waals surface area (Å²) in [5.41, 5.74) is 5.98. The number of fused-ring (bicyclic) bond motifs is 2. The minimum absolute atomic E-state index is 0.0551. The Morgan fingerprint density at radius 2 is 1.88 bits per heavy atom. The Morgan fingerprint density at radius 1 is 1.00 bits per heavy atom. The highest BCUT2D eigenvalue weighted by Crippen LogP contribution is 2.45. The summed E-state index contributed by atoms with van der Waals surface area (Å²) < 4.78 is 16.7. The fraction of sp³-hybridized carbons (Fsp3) is 0.240. The normalized spacial score (nSPS) is 16.9. The molecule has 1 aromatic heterocycles. The second kappa shape index (κ2) is 7.76. The van der Waals surface area contributed by atoms with Crippen LogP contribution in [-0.2, 0) is 4.74 Å². The number of hydrogen-bond donors (Lipinski definition) is 2. The maximum absolute atomic E-state index is 12.9. The van der Waals surface area contributed by atoms with E-state index in [4.69, 9.17) is 14.2 Å². The molecule has 1 amide bonds. The second-order valence-corrected chi connectivity index (χ2v) is 8.04. The van der Waals surface area contributed by atoms with Crippen LogP contribution in [0.15, 0.2) is 48.7 Å². The molecule has 7 heteroatoms. The standard InChI is InChI=1S/C25H23N3O4/c29-25(28-7-9-30-10-8-28)17-4-1-3-16(11-17)18-12-20-21(14-27-24(20)26-13-18)19-5-2-6-22-23(19)32-15-31-22/h1-6,11-12,14,26-27H,7-10,13,15H2. The smallest absolute Gasteiger partial charge is 0.254 e. The highest BCUT2D eigenvalue weighted by molar-refractivity contribution is 5.99. The number of nitrogens with zero attached hydrogens (tertiary/aromatic N) is 1. The van der Waals surface area contributed by atoms with Gasteiger partial charge in [0.15, 0.2) is 11.5 Å². The van der Waals surface area contributed by atoms with Crippen LogP contribution < -0.4 is 14.8 Å². The van der Waals surface area contributed by atoms with Crippen LogP contribution in [0.3, 0.4) is 0 Å². The Labute approximate surface area is 185 Å². The molecule has 0 bridgehead atoms. The Kier molecular flexibility index (Phi) is 4.61. The Balaban J connectivity index is 1.35. The van der Waals surface area contributed by atoms with Crippen molar-refractivity contribution in [3.8, 4) is 22.6 Å². The number of H-pyrrole nitrogens is 1. The first-order valence-electron chi connectivity index (χ1n) is 10.8. The van der Waals surface area contributed by atoms with Gasteiger partial charge in [-0.15, -0.1) is 0 Å². The summed E-state index contributed by atoms with van der Waals surface area (Å²) in [5.74, 6) is 2.56. The Bertz CT molecular complexity index is 1220. The van der Waals surface area contributed by atoms with Crippen molar-refractivity contribution in [2.24, 2.45) is 0 Å². The molecule has 0 aliphatic carbocycles. The number of benzene rings is 2. The van der Waals surface area contributed by atoms with Crippen LogP contribution in [0.4, 0.5) is 5.82 Å². The van der Waals surface area contributed by atoms with Crippen molar-refractivity contribution in [3.05, 3.63) is 65.4 Å².